The maximum Gasteiger partial charge on any atom is 0.137 e. The van der Waals surface area contributed by atoms with E-state index in [9.17, 15) is 0 Å². The molecule has 2 heterocycles. The first-order valence-electron chi connectivity index (χ1n) is 25.5. The summed E-state index contributed by atoms with van der Waals surface area (Å²) in [6.45, 7) is 0. The molecule has 0 radical (unpaired) electrons. The van der Waals surface area contributed by atoms with Gasteiger partial charge in [-0.05, 0) is 122 Å². The topological polar surface area (TPSA) is 21.3 Å². The van der Waals surface area contributed by atoms with Crippen LogP contribution in [0.25, 0.3) is 93.6 Å². The smallest absolute Gasteiger partial charge is 0.137 e. The molecule has 346 valence electrons. The fourth-order valence-corrected chi connectivity index (χ4v) is 12.5. The van der Waals surface area contributed by atoms with Crippen LogP contribution in [-0.2, 0) is 5.41 Å². The summed E-state index contributed by atoms with van der Waals surface area (Å²) in [6.07, 6.45) is 0. The Morgan fingerprint density at radius 2 is 0.919 bits per heavy atom. The summed E-state index contributed by atoms with van der Waals surface area (Å²) in [5, 5.41) is 7.03. The predicted molar refractivity (Wildman–Crippen MR) is 308 cm³/mol. The largest absolute Gasteiger partial charge is 0.456 e. The highest BCUT2D eigenvalue weighted by atomic mass is 16.3. The van der Waals surface area contributed by atoms with E-state index in [-0.39, 0.29) is 0 Å². The number of hydrogen-bond acceptors (Lipinski definition) is 2. The Bertz CT molecular complexity index is 4460. The quantitative estimate of drug-likeness (QED) is 0.151. The van der Waals surface area contributed by atoms with Gasteiger partial charge >= 0.3 is 0 Å². The molecule has 0 N–H and O–H groups in total. The van der Waals surface area contributed by atoms with Crippen molar-refractivity contribution in [3.8, 4) is 39.1 Å². The Morgan fingerprint density at radius 1 is 0.338 bits per heavy atom. The van der Waals surface area contributed by atoms with Crippen LogP contribution in [0.4, 0.5) is 17.1 Å². The standard InChI is InChI=1S/C71H46N2O/c1-3-23-50(24-4-1)71(51-25-5-2-6-26-51)62-34-14-11-31-57(62)58-43-41-53(46-63(58)71)72(64-36-18-21-47-20-7-8-30-56(47)64)52-27-17-22-48(44-52)54-28-9-10-29-55(54)49-40-42-60-59-32-12-15-35-65(59)73(67(60)45-49)66-37-19-39-69-70(66)61-33-13-16-38-68(61)74-69/h1-46H. The first kappa shape index (κ1) is 42.0. The fraction of sp³-hybridized carbons (Fsp3) is 0.0141. The lowest BCUT2D eigenvalue weighted by molar-refractivity contribution is 0.669. The molecule has 0 aliphatic heterocycles. The highest BCUT2D eigenvalue weighted by molar-refractivity contribution is 6.15. The second-order valence-corrected chi connectivity index (χ2v) is 19.5. The van der Waals surface area contributed by atoms with Crippen LogP contribution in [0.3, 0.4) is 0 Å². The van der Waals surface area contributed by atoms with Gasteiger partial charge in [0.15, 0.2) is 0 Å². The van der Waals surface area contributed by atoms with Crippen molar-refractivity contribution >= 4 is 71.6 Å². The van der Waals surface area contributed by atoms with Crippen molar-refractivity contribution in [1.82, 2.24) is 4.57 Å². The third-order valence-electron chi connectivity index (χ3n) is 15.7. The molecule has 0 saturated heterocycles. The molecule has 0 atom stereocenters. The Labute approximate surface area is 429 Å². The number of furan rings is 1. The van der Waals surface area contributed by atoms with Crippen LogP contribution in [-0.4, -0.2) is 4.57 Å². The summed E-state index contributed by atoms with van der Waals surface area (Å²) in [4.78, 5) is 2.48. The minimum absolute atomic E-state index is 0.540. The van der Waals surface area contributed by atoms with Gasteiger partial charge in [0, 0.05) is 32.9 Å². The van der Waals surface area contributed by atoms with E-state index in [4.69, 9.17) is 4.42 Å². The highest BCUT2D eigenvalue weighted by Gasteiger charge is 2.46. The molecule has 0 bridgehead atoms. The molecule has 14 aromatic rings. The van der Waals surface area contributed by atoms with Gasteiger partial charge in [0.25, 0.3) is 0 Å². The summed E-state index contributed by atoms with van der Waals surface area (Å²) in [5.41, 5.74) is 20.1. The number of aromatic nitrogens is 1. The molecule has 0 saturated carbocycles. The molecule has 1 aliphatic carbocycles. The van der Waals surface area contributed by atoms with Crippen LogP contribution in [0.1, 0.15) is 22.3 Å². The zero-order valence-corrected chi connectivity index (χ0v) is 40.4. The first-order chi connectivity index (χ1) is 36.7. The Balaban J connectivity index is 0.924. The molecular weight excluding hydrogens is 897 g/mol. The van der Waals surface area contributed by atoms with Gasteiger partial charge < -0.3 is 13.9 Å². The molecule has 12 aromatic carbocycles. The van der Waals surface area contributed by atoms with Crippen LogP contribution >= 0.6 is 0 Å². The van der Waals surface area contributed by atoms with E-state index < -0.39 is 5.41 Å². The van der Waals surface area contributed by atoms with E-state index in [2.05, 4.69) is 282 Å². The molecule has 3 nitrogen and oxygen atoms in total. The van der Waals surface area contributed by atoms with Crippen molar-refractivity contribution < 1.29 is 4.42 Å². The second kappa shape index (κ2) is 16.7. The predicted octanol–water partition coefficient (Wildman–Crippen LogP) is 19.0. The lowest BCUT2D eigenvalue weighted by Gasteiger charge is -2.35. The van der Waals surface area contributed by atoms with E-state index in [1.165, 1.54) is 54.9 Å². The average Bonchev–Trinajstić information content (AvgIpc) is 4.15. The van der Waals surface area contributed by atoms with Crippen molar-refractivity contribution in [2.75, 3.05) is 4.90 Å². The Morgan fingerprint density at radius 3 is 1.73 bits per heavy atom. The Hall–Kier alpha value is -9.70. The van der Waals surface area contributed by atoms with Gasteiger partial charge in [-0.15, -0.1) is 0 Å². The van der Waals surface area contributed by atoms with Crippen molar-refractivity contribution in [2.45, 2.75) is 5.41 Å². The van der Waals surface area contributed by atoms with Crippen LogP contribution in [0.15, 0.2) is 283 Å². The summed E-state index contributed by atoms with van der Waals surface area (Å²) >= 11 is 0. The fourth-order valence-electron chi connectivity index (χ4n) is 12.5. The number of rotatable bonds is 8. The number of para-hydroxylation sites is 2. The van der Waals surface area contributed by atoms with E-state index in [0.717, 1.165) is 78.0 Å². The molecule has 0 amide bonds. The van der Waals surface area contributed by atoms with Gasteiger partial charge in [0.2, 0.25) is 0 Å². The van der Waals surface area contributed by atoms with Gasteiger partial charge in [-0.1, -0.05) is 218 Å². The molecule has 0 unspecified atom stereocenters. The van der Waals surface area contributed by atoms with Crippen LogP contribution in [0.2, 0.25) is 0 Å². The Kier molecular flexibility index (Phi) is 9.48. The summed E-state index contributed by atoms with van der Waals surface area (Å²) in [5.74, 6) is 0. The maximum absolute atomic E-state index is 6.44. The SMILES string of the molecule is c1ccc(C2(c3ccccc3)c3ccccc3-c3ccc(N(c4cccc(-c5ccccc5-c5ccc6c7ccccc7n(-c7cccc8oc9ccccc9c78)c6c5)c4)c4cccc5ccccc45)cc32)cc1. The van der Waals surface area contributed by atoms with Crippen molar-refractivity contribution in [3.05, 3.63) is 301 Å². The number of anilines is 3. The summed E-state index contributed by atoms with van der Waals surface area (Å²) in [6, 6.07) is 102. The average molecular weight is 943 g/mol. The molecule has 3 heteroatoms. The first-order valence-corrected chi connectivity index (χ1v) is 25.5. The number of benzene rings is 12. The van der Waals surface area contributed by atoms with Gasteiger partial charge in [-0.2, -0.15) is 0 Å². The third-order valence-corrected chi connectivity index (χ3v) is 15.7. The zero-order valence-electron chi connectivity index (χ0n) is 40.4. The maximum atomic E-state index is 6.44. The van der Waals surface area contributed by atoms with Gasteiger partial charge in [0.05, 0.1) is 33.2 Å². The normalized spacial score (nSPS) is 12.7. The second-order valence-electron chi connectivity index (χ2n) is 19.5. The molecule has 0 spiro atoms. The van der Waals surface area contributed by atoms with Crippen LogP contribution in [0.5, 0.6) is 0 Å². The number of fused-ring (bicyclic) bond motifs is 10. The van der Waals surface area contributed by atoms with E-state index in [1.807, 2.05) is 6.07 Å². The summed E-state index contributed by atoms with van der Waals surface area (Å²) in [7, 11) is 0. The molecular formula is C71H46N2O. The summed E-state index contributed by atoms with van der Waals surface area (Å²) < 4.78 is 8.87. The van der Waals surface area contributed by atoms with Crippen molar-refractivity contribution in [3.63, 3.8) is 0 Å². The lowest BCUT2D eigenvalue weighted by Crippen LogP contribution is -2.28. The highest BCUT2D eigenvalue weighted by Crippen LogP contribution is 2.57. The lowest BCUT2D eigenvalue weighted by atomic mass is 9.67. The van der Waals surface area contributed by atoms with Gasteiger partial charge in [-0.25, -0.2) is 0 Å². The monoisotopic (exact) mass is 942 g/mol. The van der Waals surface area contributed by atoms with Crippen LogP contribution < -0.4 is 4.90 Å². The third kappa shape index (κ3) is 6.27. The van der Waals surface area contributed by atoms with Crippen molar-refractivity contribution in [2.24, 2.45) is 0 Å². The van der Waals surface area contributed by atoms with E-state index >= 15 is 0 Å². The number of hydrogen-bond donors (Lipinski definition) is 0. The molecule has 2 aromatic heterocycles. The van der Waals surface area contributed by atoms with Crippen molar-refractivity contribution in [1.29, 1.82) is 0 Å². The molecule has 1 aliphatic rings. The molecule has 0 fully saturated rings. The van der Waals surface area contributed by atoms with E-state index in [1.54, 1.807) is 0 Å². The zero-order chi connectivity index (χ0) is 48.7. The van der Waals surface area contributed by atoms with E-state index in [0.29, 0.717) is 0 Å². The van der Waals surface area contributed by atoms with Crippen LogP contribution in [0, 0.1) is 0 Å². The minimum atomic E-state index is -0.540. The van der Waals surface area contributed by atoms with Gasteiger partial charge in [-0.3, -0.25) is 0 Å². The van der Waals surface area contributed by atoms with Gasteiger partial charge in [0.1, 0.15) is 11.2 Å². The molecule has 15 rings (SSSR count). The minimum Gasteiger partial charge on any atom is -0.456 e. The molecule has 74 heavy (non-hydrogen) atoms. The number of nitrogens with zero attached hydrogens (tertiary/aromatic N) is 2.